The number of nitrogens with one attached hydrogen (secondary N) is 2. The van der Waals surface area contributed by atoms with E-state index < -0.39 is 24.7 Å². The minimum atomic E-state index is -4.43. The summed E-state index contributed by atoms with van der Waals surface area (Å²) >= 11 is 0. The van der Waals surface area contributed by atoms with E-state index >= 15 is 0 Å². The van der Waals surface area contributed by atoms with Gasteiger partial charge >= 0.3 is 6.18 Å². The van der Waals surface area contributed by atoms with Crippen LogP contribution in [0.3, 0.4) is 0 Å². The second-order valence-corrected chi connectivity index (χ2v) is 6.38. The number of aromatic nitrogens is 1. The third-order valence-electron chi connectivity index (χ3n) is 4.56. The predicted molar refractivity (Wildman–Crippen MR) is 93.3 cm³/mol. The summed E-state index contributed by atoms with van der Waals surface area (Å²) in [5.41, 5.74) is 1.13. The van der Waals surface area contributed by atoms with Gasteiger partial charge in [0.15, 0.2) is 0 Å². The fraction of sp³-hybridized carbons (Fsp3) is 0.444. The number of benzene rings is 1. The molecule has 3 rings (SSSR count). The Balaban J connectivity index is 1.76. The summed E-state index contributed by atoms with van der Waals surface area (Å²) in [6.07, 6.45) is -4.43. The average Bonchev–Trinajstić information content (AvgIpc) is 3.04. The number of amides is 1. The van der Waals surface area contributed by atoms with Crippen LogP contribution in [0.25, 0.3) is 11.3 Å². The first-order valence-electron chi connectivity index (χ1n) is 8.69. The van der Waals surface area contributed by atoms with Crippen molar-refractivity contribution in [3.63, 3.8) is 0 Å². The van der Waals surface area contributed by atoms with Crippen LogP contribution < -0.4 is 10.6 Å². The number of carbonyl (C=O) groups excluding carboxylic acids is 1. The monoisotopic (exact) mass is 382 g/mol. The minimum Gasteiger partial charge on any atom is -0.360 e. The quantitative estimate of drug-likeness (QED) is 0.830. The third kappa shape index (κ3) is 4.48. The van der Waals surface area contributed by atoms with Gasteiger partial charge < -0.3 is 15.2 Å². The van der Waals surface area contributed by atoms with Crippen molar-refractivity contribution in [1.29, 1.82) is 0 Å². The van der Waals surface area contributed by atoms with E-state index in [9.17, 15) is 18.0 Å². The molecule has 1 aliphatic heterocycles. The Morgan fingerprint density at radius 2 is 1.96 bits per heavy atom. The number of rotatable bonds is 5. The average molecular weight is 382 g/mol. The molecule has 27 heavy (non-hydrogen) atoms. The van der Waals surface area contributed by atoms with Gasteiger partial charge in [0, 0.05) is 38.3 Å². The molecule has 6 nitrogen and oxygen atoms in total. The Kier molecular flexibility index (Phi) is 5.81. The van der Waals surface area contributed by atoms with E-state index in [1.807, 2.05) is 6.07 Å². The van der Waals surface area contributed by atoms with Crippen LogP contribution in [0.1, 0.15) is 16.1 Å². The van der Waals surface area contributed by atoms with Crippen LogP contribution in [0.5, 0.6) is 0 Å². The lowest BCUT2D eigenvalue weighted by molar-refractivity contribution is -0.183. The second kappa shape index (κ2) is 8.10. The molecule has 2 N–H and O–H groups in total. The maximum absolute atomic E-state index is 13.5. The van der Waals surface area contributed by atoms with Crippen molar-refractivity contribution in [2.75, 3.05) is 32.7 Å². The summed E-state index contributed by atoms with van der Waals surface area (Å²) in [5, 5.41) is 9.34. The van der Waals surface area contributed by atoms with Crippen LogP contribution in [0, 0.1) is 6.92 Å². The first kappa shape index (κ1) is 19.4. The summed E-state index contributed by atoms with van der Waals surface area (Å²) in [4.78, 5) is 14.0. The maximum atomic E-state index is 13.5. The van der Waals surface area contributed by atoms with Crippen LogP contribution in [0.4, 0.5) is 13.2 Å². The van der Waals surface area contributed by atoms with Gasteiger partial charge in [-0.3, -0.25) is 9.69 Å². The highest BCUT2D eigenvalue weighted by atomic mass is 19.4. The van der Waals surface area contributed by atoms with Gasteiger partial charge in [-0.05, 0) is 6.92 Å². The summed E-state index contributed by atoms with van der Waals surface area (Å²) in [5.74, 6) is -0.367. The standard InChI is InChI=1S/C18H21F3N4O2/c1-12-15(16(24-27-12)13-5-3-2-4-6-13)17(26)23-11-14(18(19,20)21)25-9-7-22-8-10-25/h2-6,14,22H,7-11H2,1H3,(H,23,26). The molecule has 1 unspecified atom stereocenters. The third-order valence-corrected chi connectivity index (χ3v) is 4.56. The molecule has 1 aromatic heterocycles. The zero-order valence-electron chi connectivity index (χ0n) is 14.8. The molecular weight excluding hydrogens is 361 g/mol. The normalized spacial score (nSPS) is 16.9. The molecule has 1 fully saturated rings. The van der Waals surface area contributed by atoms with Crippen molar-refractivity contribution in [2.24, 2.45) is 0 Å². The Morgan fingerprint density at radius 1 is 1.30 bits per heavy atom. The summed E-state index contributed by atoms with van der Waals surface area (Å²) in [6, 6.07) is 7.16. The summed E-state index contributed by atoms with van der Waals surface area (Å²) in [6.45, 7) is 2.57. The highest BCUT2D eigenvalue weighted by Crippen LogP contribution is 2.27. The molecule has 1 atom stereocenters. The predicted octanol–water partition coefficient (Wildman–Crippen LogP) is 2.22. The zero-order valence-corrected chi connectivity index (χ0v) is 14.8. The van der Waals surface area contributed by atoms with Crippen LogP contribution in [0.15, 0.2) is 34.9 Å². The molecule has 9 heteroatoms. The lowest BCUT2D eigenvalue weighted by Gasteiger charge is -2.35. The molecule has 2 aromatic rings. The largest absolute Gasteiger partial charge is 0.405 e. The molecule has 0 bridgehead atoms. The SMILES string of the molecule is Cc1onc(-c2ccccc2)c1C(=O)NCC(N1CCNCC1)C(F)(F)F. The first-order chi connectivity index (χ1) is 12.9. The lowest BCUT2D eigenvalue weighted by atomic mass is 10.1. The van der Waals surface area contributed by atoms with Gasteiger partial charge in [-0.15, -0.1) is 0 Å². The van der Waals surface area contributed by atoms with Gasteiger partial charge in [-0.2, -0.15) is 13.2 Å². The zero-order chi connectivity index (χ0) is 19.4. The van der Waals surface area contributed by atoms with Gasteiger partial charge in [-0.1, -0.05) is 35.5 Å². The van der Waals surface area contributed by atoms with Crippen LogP contribution in [-0.4, -0.2) is 60.9 Å². The van der Waals surface area contributed by atoms with Crippen LogP contribution >= 0.6 is 0 Å². The Bertz CT molecular complexity index is 771. The molecule has 1 amide bonds. The van der Waals surface area contributed by atoms with Gasteiger partial charge in [0.05, 0.1) is 0 Å². The van der Waals surface area contributed by atoms with Crippen molar-refractivity contribution in [3.8, 4) is 11.3 Å². The van der Waals surface area contributed by atoms with E-state index in [0.29, 0.717) is 24.3 Å². The number of piperazine rings is 1. The molecule has 0 radical (unpaired) electrons. The number of hydrogen-bond donors (Lipinski definition) is 2. The molecule has 0 aliphatic carbocycles. The van der Waals surface area contributed by atoms with Crippen molar-refractivity contribution < 1.29 is 22.5 Å². The van der Waals surface area contributed by atoms with Crippen molar-refractivity contribution in [3.05, 3.63) is 41.7 Å². The highest BCUT2D eigenvalue weighted by Gasteiger charge is 2.44. The van der Waals surface area contributed by atoms with Crippen LogP contribution in [-0.2, 0) is 0 Å². The number of carbonyl (C=O) groups is 1. The molecule has 1 aliphatic rings. The molecule has 2 heterocycles. The number of halogens is 3. The molecular formula is C18H21F3N4O2. The van der Waals surface area contributed by atoms with Crippen molar-refractivity contribution >= 4 is 5.91 Å². The highest BCUT2D eigenvalue weighted by molar-refractivity contribution is 6.00. The minimum absolute atomic E-state index is 0.155. The lowest BCUT2D eigenvalue weighted by Crippen LogP contribution is -2.57. The van der Waals surface area contributed by atoms with Gasteiger partial charge in [0.1, 0.15) is 23.1 Å². The van der Waals surface area contributed by atoms with Gasteiger partial charge in [-0.25, -0.2) is 0 Å². The van der Waals surface area contributed by atoms with Gasteiger partial charge in [0.25, 0.3) is 5.91 Å². The van der Waals surface area contributed by atoms with E-state index in [2.05, 4.69) is 15.8 Å². The molecule has 1 saturated heterocycles. The van der Waals surface area contributed by atoms with Gasteiger partial charge in [0.2, 0.25) is 0 Å². The maximum Gasteiger partial charge on any atom is 0.405 e. The number of hydrogen-bond acceptors (Lipinski definition) is 5. The number of alkyl halides is 3. The fourth-order valence-corrected chi connectivity index (χ4v) is 3.16. The van der Waals surface area contributed by atoms with E-state index in [1.165, 1.54) is 4.90 Å². The van der Waals surface area contributed by atoms with Crippen LogP contribution in [0.2, 0.25) is 0 Å². The van der Waals surface area contributed by atoms with Crippen molar-refractivity contribution in [2.45, 2.75) is 19.1 Å². The topological polar surface area (TPSA) is 70.4 Å². The number of aryl methyl sites for hydroxylation is 1. The number of nitrogens with zero attached hydrogens (tertiary/aromatic N) is 2. The molecule has 0 spiro atoms. The molecule has 0 saturated carbocycles. The fourth-order valence-electron chi connectivity index (χ4n) is 3.16. The first-order valence-corrected chi connectivity index (χ1v) is 8.69. The Morgan fingerprint density at radius 3 is 2.59 bits per heavy atom. The second-order valence-electron chi connectivity index (χ2n) is 6.38. The molecule has 1 aromatic carbocycles. The van der Waals surface area contributed by atoms with E-state index in [0.717, 1.165) is 0 Å². The van der Waals surface area contributed by atoms with E-state index in [4.69, 9.17) is 4.52 Å². The molecule has 146 valence electrons. The Hall–Kier alpha value is -2.39. The van der Waals surface area contributed by atoms with Crippen molar-refractivity contribution in [1.82, 2.24) is 20.7 Å². The van der Waals surface area contributed by atoms with E-state index in [1.54, 1.807) is 31.2 Å². The summed E-state index contributed by atoms with van der Waals surface area (Å²) in [7, 11) is 0. The summed E-state index contributed by atoms with van der Waals surface area (Å²) < 4.78 is 45.5. The Labute approximate surface area is 154 Å². The van der Waals surface area contributed by atoms with E-state index in [-0.39, 0.29) is 24.4 Å². The smallest absolute Gasteiger partial charge is 0.360 e.